The number of nitrogens with zero attached hydrogens (tertiary/aromatic N) is 1. The maximum absolute atomic E-state index is 11.9. The number of amides is 2. The fraction of sp³-hybridized carbons (Fsp3) is 0.727. The quantitative estimate of drug-likeness (QED) is 0.635. The van der Waals surface area contributed by atoms with Gasteiger partial charge in [-0.05, 0) is 12.8 Å². The van der Waals surface area contributed by atoms with Crippen LogP contribution in [0, 0.1) is 0 Å². The Balaban J connectivity index is 2.56. The Bertz CT molecular complexity index is 359. The smallest absolute Gasteiger partial charge is 0.326 e. The number of hydrogen-bond donors (Lipinski definition) is 3. The van der Waals surface area contributed by atoms with Crippen molar-refractivity contribution in [3.05, 3.63) is 0 Å². The number of rotatable bonds is 5. The van der Waals surface area contributed by atoms with Gasteiger partial charge in [0.2, 0.25) is 0 Å². The molecule has 1 aliphatic heterocycles. The highest BCUT2D eigenvalue weighted by molar-refractivity contribution is 5.86. The number of carboxylic acid groups (broad SMARTS) is 2. The van der Waals surface area contributed by atoms with Crippen molar-refractivity contribution in [1.82, 2.24) is 10.2 Å². The van der Waals surface area contributed by atoms with Crippen molar-refractivity contribution in [1.29, 1.82) is 0 Å². The van der Waals surface area contributed by atoms with Crippen LogP contribution in [-0.2, 0) is 14.3 Å². The standard InChI is InChI=1S/C11H18N2O6/c1-19-7-3-2-4-13(6-7)11(18)12-8(10(16)17)5-9(14)15/h7-8H,2-6H2,1H3,(H,12,18)(H,14,15)(H,16,17). The van der Waals surface area contributed by atoms with E-state index < -0.39 is 30.4 Å². The molecule has 0 aromatic carbocycles. The molecule has 0 aromatic heterocycles. The van der Waals surface area contributed by atoms with Crippen molar-refractivity contribution >= 4 is 18.0 Å². The highest BCUT2D eigenvalue weighted by atomic mass is 16.5. The van der Waals surface area contributed by atoms with E-state index in [0.29, 0.717) is 13.1 Å². The number of carboxylic acids is 2. The van der Waals surface area contributed by atoms with Crippen LogP contribution in [-0.4, -0.2) is 65.4 Å². The average molecular weight is 274 g/mol. The van der Waals surface area contributed by atoms with Crippen LogP contribution in [0.3, 0.4) is 0 Å². The molecule has 1 saturated heterocycles. The van der Waals surface area contributed by atoms with Gasteiger partial charge < -0.3 is 25.2 Å². The van der Waals surface area contributed by atoms with Gasteiger partial charge in [-0.2, -0.15) is 0 Å². The summed E-state index contributed by atoms with van der Waals surface area (Å²) >= 11 is 0. The van der Waals surface area contributed by atoms with Crippen molar-refractivity contribution in [3.63, 3.8) is 0 Å². The predicted octanol–water partition coefficient (Wildman–Crippen LogP) is -0.265. The van der Waals surface area contributed by atoms with Crippen molar-refractivity contribution < 1.29 is 29.3 Å². The summed E-state index contributed by atoms with van der Waals surface area (Å²) in [7, 11) is 1.55. The fourth-order valence-corrected chi connectivity index (χ4v) is 1.93. The number of urea groups is 1. The molecule has 0 saturated carbocycles. The Hall–Kier alpha value is -1.83. The van der Waals surface area contributed by atoms with Gasteiger partial charge in [-0.25, -0.2) is 9.59 Å². The monoisotopic (exact) mass is 274 g/mol. The van der Waals surface area contributed by atoms with E-state index in [-0.39, 0.29) is 6.10 Å². The van der Waals surface area contributed by atoms with Gasteiger partial charge in [-0.15, -0.1) is 0 Å². The first kappa shape index (κ1) is 15.2. The second kappa shape index (κ2) is 6.93. The molecule has 1 rings (SSSR count). The van der Waals surface area contributed by atoms with Gasteiger partial charge in [0, 0.05) is 20.2 Å². The number of likely N-dealkylation sites (tertiary alicyclic amines) is 1. The minimum absolute atomic E-state index is 0.0674. The minimum atomic E-state index is -1.42. The lowest BCUT2D eigenvalue weighted by molar-refractivity contribution is -0.145. The number of ether oxygens (including phenoxy) is 1. The van der Waals surface area contributed by atoms with Gasteiger partial charge in [0.15, 0.2) is 0 Å². The van der Waals surface area contributed by atoms with Crippen LogP contribution in [0.15, 0.2) is 0 Å². The molecule has 1 aliphatic rings. The van der Waals surface area contributed by atoms with Crippen molar-refractivity contribution in [2.45, 2.75) is 31.4 Å². The summed E-state index contributed by atoms with van der Waals surface area (Å²) < 4.78 is 5.16. The summed E-state index contributed by atoms with van der Waals surface area (Å²) in [5, 5.41) is 19.6. The molecule has 0 bridgehead atoms. The second-order valence-electron chi connectivity index (χ2n) is 4.38. The predicted molar refractivity (Wildman–Crippen MR) is 63.8 cm³/mol. The molecule has 2 unspecified atom stereocenters. The van der Waals surface area contributed by atoms with Gasteiger partial charge >= 0.3 is 18.0 Å². The molecule has 19 heavy (non-hydrogen) atoms. The average Bonchev–Trinajstić information content (AvgIpc) is 2.37. The Morgan fingerprint density at radius 3 is 2.63 bits per heavy atom. The van der Waals surface area contributed by atoms with Crippen LogP contribution in [0.5, 0.6) is 0 Å². The summed E-state index contributed by atoms with van der Waals surface area (Å²) in [6, 6.07) is -2.00. The topological polar surface area (TPSA) is 116 Å². The number of hydrogen-bond acceptors (Lipinski definition) is 4. The Labute approximate surface area is 110 Å². The lowest BCUT2D eigenvalue weighted by atomic mass is 10.1. The molecule has 2 amide bonds. The van der Waals surface area contributed by atoms with E-state index in [4.69, 9.17) is 14.9 Å². The third-order valence-electron chi connectivity index (χ3n) is 2.97. The molecule has 1 fully saturated rings. The molecule has 0 aromatic rings. The Kier molecular flexibility index (Phi) is 5.56. The summed E-state index contributed by atoms with van der Waals surface area (Å²) in [4.78, 5) is 34.7. The first-order chi connectivity index (χ1) is 8.93. The zero-order valence-corrected chi connectivity index (χ0v) is 10.7. The lowest BCUT2D eigenvalue weighted by Gasteiger charge is -2.32. The summed E-state index contributed by atoms with van der Waals surface area (Å²) in [5.41, 5.74) is 0. The molecular formula is C11H18N2O6. The SMILES string of the molecule is COC1CCCN(C(=O)NC(CC(=O)O)C(=O)O)C1. The van der Waals surface area contributed by atoms with Crippen molar-refractivity contribution in [2.75, 3.05) is 20.2 Å². The highest BCUT2D eigenvalue weighted by Gasteiger charge is 2.28. The largest absolute Gasteiger partial charge is 0.481 e. The molecule has 0 aliphatic carbocycles. The van der Waals surface area contributed by atoms with Gasteiger partial charge in [-0.1, -0.05) is 0 Å². The van der Waals surface area contributed by atoms with Crippen LogP contribution < -0.4 is 5.32 Å². The molecule has 0 spiro atoms. The zero-order valence-electron chi connectivity index (χ0n) is 10.7. The second-order valence-corrected chi connectivity index (χ2v) is 4.38. The van der Waals surface area contributed by atoms with Crippen LogP contribution in [0.2, 0.25) is 0 Å². The fourth-order valence-electron chi connectivity index (χ4n) is 1.93. The molecule has 0 radical (unpaired) electrons. The molecule has 108 valence electrons. The number of carbonyl (C=O) groups is 3. The first-order valence-corrected chi connectivity index (χ1v) is 5.97. The number of methoxy groups -OCH3 is 1. The van der Waals surface area contributed by atoms with E-state index in [1.165, 1.54) is 4.90 Å². The minimum Gasteiger partial charge on any atom is -0.481 e. The normalized spacial score (nSPS) is 20.7. The molecule has 3 N–H and O–H groups in total. The number of carbonyl (C=O) groups excluding carboxylic acids is 1. The van der Waals surface area contributed by atoms with Crippen LogP contribution in [0.4, 0.5) is 4.79 Å². The van der Waals surface area contributed by atoms with E-state index in [0.717, 1.165) is 12.8 Å². The Morgan fingerprint density at radius 1 is 1.42 bits per heavy atom. The summed E-state index contributed by atoms with van der Waals surface area (Å²) in [6.07, 6.45) is 0.894. The first-order valence-electron chi connectivity index (χ1n) is 5.97. The van der Waals surface area contributed by atoms with Crippen LogP contribution in [0.25, 0.3) is 0 Å². The number of piperidine rings is 1. The third kappa shape index (κ3) is 4.74. The van der Waals surface area contributed by atoms with Gasteiger partial charge in [-0.3, -0.25) is 4.79 Å². The molecule has 2 atom stereocenters. The van der Waals surface area contributed by atoms with Crippen molar-refractivity contribution in [3.8, 4) is 0 Å². The van der Waals surface area contributed by atoms with Gasteiger partial charge in [0.25, 0.3) is 0 Å². The Morgan fingerprint density at radius 2 is 2.11 bits per heavy atom. The van der Waals surface area contributed by atoms with E-state index in [1.54, 1.807) is 7.11 Å². The van der Waals surface area contributed by atoms with E-state index in [1.807, 2.05) is 0 Å². The van der Waals surface area contributed by atoms with Gasteiger partial charge in [0.05, 0.1) is 12.5 Å². The third-order valence-corrected chi connectivity index (χ3v) is 2.97. The summed E-state index contributed by atoms with van der Waals surface area (Å²) in [6.45, 7) is 0.882. The van der Waals surface area contributed by atoms with E-state index in [2.05, 4.69) is 5.32 Å². The number of aliphatic carboxylic acids is 2. The van der Waals surface area contributed by atoms with Crippen LogP contribution >= 0.6 is 0 Å². The van der Waals surface area contributed by atoms with Crippen molar-refractivity contribution in [2.24, 2.45) is 0 Å². The maximum atomic E-state index is 11.9. The van der Waals surface area contributed by atoms with Crippen LogP contribution in [0.1, 0.15) is 19.3 Å². The zero-order chi connectivity index (χ0) is 14.4. The van der Waals surface area contributed by atoms with E-state index >= 15 is 0 Å². The lowest BCUT2D eigenvalue weighted by Crippen LogP contribution is -2.52. The highest BCUT2D eigenvalue weighted by Crippen LogP contribution is 2.12. The van der Waals surface area contributed by atoms with E-state index in [9.17, 15) is 14.4 Å². The number of nitrogens with one attached hydrogen (secondary N) is 1. The summed E-state index contributed by atoms with van der Waals surface area (Å²) in [5.74, 6) is -2.64. The molecule has 8 heteroatoms. The molecule has 1 heterocycles. The molecule has 8 nitrogen and oxygen atoms in total. The molecular weight excluding hydrogens is 256 g/mol. The van der Waals surface area contributed by atoms with Gasteiger partial charge in [0.1, 0.15) is 6.04 Å². The maximum Gasteiger partial charge on any atom is 0.326 e.